The quantitative estimate of drug-likeness (QED) is 0.789. The molecule has 1 aromatic carbocycles. The Morgan fingerprint density at radius 2 is 2.19 bits per heavy atom. The number of aromatic nitrogens is 1. The van der Waals surface area contributed by atoms with E-state index in [1.165, 1.54) is 0 Å². The molecule has 0 atom stereocenters. The van der Waals surface area contributed by atoms with E-state index in [1.807, 2.05) is 42.1 Å². The van der Waals surface area contributed by atoms with Gasteiger partial charge in [-0.2, -0.15) is 0 Å². The van der Waals surface area contributed by atoms with Gasteiger partial charge in [-0.1, -0.05) is 18.2 Å². The molecule has 1 heterocycles. The van der Waals surface area contributed by atoms with E-state index in [1.54, 1.807) is 0 Å². The summed E-state index contributed by atoms with van der Waals surface area (Å²) in [5.41, 5.74) is 1.27. The Kier molecular flexibility index (Phi) is 2.80. The van der Waals surface area contributed by atoms with Crippen molar-refractivity contribution in [2.45, 2.75) is 6.04 Å². The van der Waals surface area contributed by atoms with E-state index in [4.69, 9.17) is 10.5 Å². The molecule has 3 N–H and O–H groups in total. The van der Waals surface area contributed by atoms with Crippen LogP contribution in [0.5, 0.6) is 0 Å². The normalized spacial score (nSPS) is 11.2. The predicted molar refractivity (Wildman–Crippen MR) is 64.6 cm³/mol. The minimum atomic E-state index is -1.83. The molecular formula is C11H13N2O2Si. The average molecular weight is 233 g/mol. The Hall–Kier alpha value is -1.59. The second-order valence-electron chi connectivity index (χ2n) is 3.79. The molecule has 0 aliphatic carbocycles. The molecule has 1 radical (unpaired) electrons. The first kappa shape index (κ1) is 10.9. The van der Waals surface area contributed by atoms with Crippen LogP contribution in [0.25, 0.3) is 10.9 Å². The van der Waals surface area contributed by atoms with Crippen LogP contribution >= 0.6 is 0 Å². The zero-order valence-corrected chi connectivity index (χ0v) is 9.97. The molecule has 0 unspecified atom stereocenters. The number of benzene rings is 1. The average Bonchev–Trinajstić information content (AvgIpc) is 2.57. The van der Waals surface area contributed by atoms with Gasteiger partial charge in [0.05, 0.1) is 0 Å². The third-order valence-electron chi connectivity index (χ3n) is 2.64. The highest BCUT2D eigenvalue weighted by atomic mass is 28.3. The summed E-state index contributed by atoms with van der Waals surface area (Å²) in [6.07, 6.45) is 1.96. The van der Waals surface area contributed by atoms with Gasteiger partial charge in [0, 0.05) is 24.1 Å². The lowest BCUT2D eigenvalue weighted by atomic mass is 10.2. The van der Waals surface area contributed by atoms with Crippen molar-refractivity contribution in [3.63, 3.8) is 0 Å². The molecule has 2 rings (SSSR count). The number of para-hydroxylation sites is 1. The second-order valence-corrected chi connectivity index (χ2v) is 5.62. The Labute approximate surface area is 95.0 Å². The maximum absolute atomic E-state index is 10.8. The summed E-state index contributed by atoms with van der Waals surface area (Å²) in [7, 11) is 0.121. The number of nitrogens with zero attached hydrogens (tertiary/aromatic N) is 1. The number of fused-ring (bicyclic) bond motifs is 1. The number of aryl methyl sites for hydroxylation is 1. The highest BCUT2D eigenvalue weighted by molar-refractivity contribution is 6.85. The van der Waals surface area contributed by atoms with Gasteiger partial charge in [-0.05, 0) is 17.7 Å². The van der Waals surface area contributed by atoms with Gasteiger partial charge in [-0.3, -0.25) is 4.79 Å². The maximum atomic E-state index is 10.8. The molecule has 0 saturated carbocycles. The first-order chi connectivity index (χ1) is 7.59. The minimum Gasteiger partial charge on any atom is -0.485 e. The molecular weight excluding hydrogens is 220 g/mol. The Balaban J connectivity index is 2.42. The van der Waals surface area contributed by atoms with E-state index in [2.05, 4.69) is 0 Å². The third-order valence-corrected chi connectivity index (χ3v) is 3.95. The van der Waals surface area contributed by atoms with Crippen molar-refractivity contribution in [1.29, 1.82) is 0 Å². The van der Waals surface area contributed by atoms with Crippen LogP contribution in [-0.4, -0.2) is 24.2 Å². The van der Waals surface area contributed by atoms with Crippen LogP contribution in [0.4, 0.5) is 4.79 Å². The summed E-state index contributed by atoms with van der Waals surface area (Å²) in [6.45, 7) is 0. The molecule has 0 aliphatic rings. The van der Waals surface area contributed by atoms with Crippen LogP contribution < -0.4 is 5.40 Å². The van der Waals surface area contributed by atoms with Crippen LogP contribution in [0.1, 0.15) is 5.56 Å². The number of carboxylic acid groups (broad SMARTS) is 1. The number of hydrogen-bond donors (Lipinski definition) is 2. The van der Waals surface area contributed by atoms with Gasteiger partial charge in [-0.15, -0.1) is 0 Å². The first-order valence-electron chi connectivity index (χ1n) is 4.97. The van der Waals surface area contributed by atoms with Gasteiger partial charge in [0.2, 0.25) is 0 Å². The Morgan fingerprint density at radius 1 is 1.50 bits per heavy atom. The van der Waals surface area contributed by atoms with Crippen molar-refractivity contribution in [3.8, 4) is 0 Å². The van der Waals surface area contributed by atoms with E-state index >= 15 is 0 Å². The van der Waals surface area contributed by atoms with Crippen molar-refractivity contribution >= 4 is 25.5 Å². The number of hydrogen-bond acceptors (Lipinski definition) is 2. The van der Waals surface area contributed by atoms with Gasteiger partial charge in [0.1, 0.15) is 0 Å². The summed E-state index contributed by atoms with van der Waals surface area (Å²) >= 11 is 0. The smallest absolute Gasteiger partial charge is 0.286 e. The molecule has 0 fully saturated rings. The summed E-state index contributed by atoms with van der Waals surface area (Å²) < 4.78 is 2.00. The van der Waals surface area contributed by atoms with E-state index in [0.717, 1.165) is 16.5 Å². The fourth-order valence-electron chi connectivity index (χ4n) is 1.85. The van der Waals surface area contributed by atoms with Crippen LogP contribution in [0.3, 0.4) is 0 Å². The molecule has 0 bridgehead atoms. The molecule has 2 aromatic rings. The fourth-order valence-corrected chi connectivity index (χ4v) is 2.69. The number of carbonyl (C=O) groups is 1. The largest absolute Gasteiger partial charge is 0.485 e. The topological polar surface area (TPSA) is 68.2 Å². The van der Waals surface area contributed by atoms with Crippen molar-refractivity contribution < 1.29 is 9.90 Å². The highest BCUT2D eigenvalue weighted by Gasteiger charge is 2.18. The van der Waals surface area contributed by atoms with Gasteiger partial charge < -0.3 is 15.1 Å². The fraction of sp³-hybridized carbons (Fsp3) is 0.182. The van der Waals surface area contributed by atoms with Crippen molar-refractivity contribution in [1.82, 2.24) is 4.57 Å². The molecule has 0 amide bonds. The summed E-state index contributed by atoms with van der Waals surface area (Å²) in [4.78, 5) is 10.8. The molecule has 1 aromatic heterocycles. The predicted octanol–water partition coefficient (Wildman–Crippen LogP) is 1.47. The lowest BCUT2D eigenvalue weighted by molar-refractivity contribution is 0.218. The van der Waals surface area contributed by atoms with Crippen LogP contribution in [0.15, 0.2) is 30.5 Å². The van der Waals surface area contributed by atoms with Gasteiger partial charge in [0.15, 0.2) is 0 Å². The first-order valence-corrected chi connectivity index (χ1v) is 6.75. The molecule has 5 heteroatoms. The summed E-state index contributed by atoms with van der Waals surface area (Å²) in [5, 5.41) is 15.6. The Morgan fingerprint density at radius 3 is 2.88 bits per heavy atom. The monoisotopic (exact) mass is 233 g/mol. The zero-order valence-electron chi connectivity index (χ0n) is 8.97. The molecule has 0 spiro atoms. The minimum absolute atomic E-state index is 0.460. The molecule has 16 heavy (non-hydrogen) atoms. The number of nitrogens with two attached hydrogens (primary N) is 1. The van der Waals surface area contributed by atoms with Crippen molar-refractivity contribution in [3.05, 3.63) is 36.0 Å². The van der Waals surface area contributed by atoms with Crippen molar-refractivity contribution in [2.75, 3.05) is 0 Å². The van der Waals surface area contributed by atoms with Crippen molar-refractivity contribution in [2.24, 2.45) is 12.4 Å². The maximum Gasteiger partial charge on any atom is 0.286 e. The zero-order chi connectivity index (χ0) is 11.7. The molecule has 0 aliphatic heterocycles. The summed E-state index contributed by atoms with van der Waals surface area (Å²) in [5.74, 6) is 0. The molecule has 0 saturated heterocycles. The SMILES string of the molecule is Cn1cc(C[Si](N)C(=O)O)c2ccccc21. The third kappa shape index (κ3) is 1.87. The molecule has 83 valence electrons. The van der Waals surface area contributed by atoms with E-state index in [0.29, 0.717) is 6.04 Å². The lowest BCUT2D eigenvalue weighted by Gasteiger charge is -2.01. The molecule has 4 nitrogen and oxygen atoms in total. The lowest BCUT2D eigenvalue weighted by Crippen LogP contribution is -2.37. The van der Waals surface area contributed by atoms with Gasteiger partial charge in [-0.25, -0.2) is 0 Å². The van der Waals surface area contributed by atoms with Crippen LogP contribution in [0, 0.1) is 0 Å². The highest BCUT2D eigenvalue weighted by Crippen LogP contribution is 2.20. The number of rotatable bonds is 3. The van der Waals surface area contributed by atoms with Gasteiger partial charge in [0.25, 0.3) is 14.6 Å². The Bertz CT molecular complexity index is 536. The van der Waals surface area contributed by atoms with E-state index < -0.39 is 14.6 Å². The second kappa shape index (κ2) is 4.11. The van der Waals surface area contributed by atoms with E-state index in [9.17, 15) is 4.79 Å². The van der Waals surface area contributed by atoms with Crippen LogP contribution in [-0.2, 0) is 13.1 Å². The standard InChI is InChI=1S/C11H13N2O2Si/c1-13-6-8(7-16(12)11(14)15)9-4-2-3-5-10(9)13/h2-6H,7,12H2,1H3,(H,14,15). The van der Waals surface area contributed by atoms with Gasteiger partial charge >= 0.3 is 0 Å². The van der Waals surface area contributed by atoms with Crippen LogP contribution in [0.2, 0.25) is 0 Å². The summed E-state index contributed by atoms with van der Waals surface area (Å²) in [6, 6.07) is 8.40. The van der Waals surface area contributed by atoms with E-state index in [-0.39, 0.29) is 0 Å².